The van der Waals surface area contributed by atoms with Gasteiger partial charge in [-0.05, 0) is 38.1 Å². The van der Waals surface area contributed by atoms with Gasteiger partial charge in [-0.2, -0.15) is 0 Å². The van der Waals surface area contributed by atoms with Crippen molar-refractivity contribution in [2.45, 2.75) is 51.7 Å². The first kappa shape index (κ1) is 13.3. The van der Waals surface area contributed by atoms with E-state index in [4.69, 9.17) is 9.47 Å². The Labute approximate surface area is 105 Å². The number of hydrogen-bond donors (Lipinski definition) is 1. The Bertz CT molecular complexity index is 216. The second kappa shape index (κ2) is 6.72. The van der Waals surface area contributed by atoms with Crippen LogP contribution in [0.1, 0.15) is 39.5 Å². The summed E-state index contributed by atoms with van der Waals surface area (Å²) in [5, 5.41) is 3.70. The van der Waals surface area contributed by atoms with Gasteiger partial charge < -0.3 is 14.8 Å². The van der Waals surface area contributed by atoms with Gasteiger partial charge in [0.2, 0.25) is 0 Å². The average molecular weight is 241 g/mol. The lowest BCUT2D eigenvalue weighted by atomic mass is 9.80. The molecule has 0 amide bonds. The molecule has 0 aromatic carbocycles. The highest BCUT2D eigenvalue weighted by molar-refractivity contribution is 4.90. The minimum absolute atomic E-state index is 0.459. The quantitative estimate of drug-likeness (QED) is 0.800. The van der Waals surface area contributed by atoms with Crippen LogP contribution in [0.5, 0.6) is 0 Å². The predicted molar refractivity (Wildman–Crippen MR) is 69.1 cm³/mol. The second-order valence-corrected chi connectivity index (χ2v) is 5.33. The largest absolute Gasteiger partial charge is 0.381 e. The Morgan fingerprint density at radius 2 is 2.12 bits per heavy atom. The van der Waals surface area contributed by atoms with E-state index in [0.29, 0.717) is 24.0 Å². The van der Waals surface area contributed by atoms with Crippen molar-refractivity contribution in [3.05, 3.63) is 0 Å². The third-order valence-corrected chi connectivity index (χ3v) is 4.27. The van der Waals surface area contributed by atoms with Crippen molar-refractivity contribution in [3.8, 4) is 0 Å². The Morgan fingerprint density at radius 3 is 2.76 bits per heavy atom. The maximum Gasteiger partial charge on any atom is 0.0616 e. The summed E-state index contributed by atoms with van der Waals surface area (Å²) in [4.78, 5) is 0. The smallest absolute Gasteiger partial charge is 0.0616 e. The van der Waals surface area contributed by atoms with Crippen molar-refractivity contribution >= 4 is 0 Å². The highest BCUT2D eigenvalue weighted by Gasteiger charge is 2.37. The van der Waals surface area contributed by atoms with Crippen LogP contribution in [0.15, 0.2) is 0 Å². The van der Waals surface area contributed by atoms with Crippen LogP contribution in [0.25, 0.3) is 0 Å². The van der Waals surface area contributed by atoms with Gasteiger partial charge in [0.05, 0.1) is 12.7 Å². The number of hydrogen-bond acceptors (Lipinski definition) is 3. The van der Waals surface area contributed by atoms with Crippen molar-refractivity contribution in [1.82, 2.24) is 5.32 Å². The summed E-state index contributed by atoms with van der Waals surface area (Å²) in [6.45, 7) is 8.32. The summed E-state index contributed by atoms with van der Waals surface area (Å²) < 4.78 is 11.5. The molecular formula is C14H27NO2. The molecule has 3 nitrogen and oxygen atoms in total. The predicted octanol–water partition coefficient (Wildman–Crippen LogP) is 2.21. The summed E-state index contributed by atoms with van der Waals surface area (Å²) in [6.07, 6.45) is 5.34. The topological polar surface area (TPSA) is 30.5 Å². The van der Waals surface area contributed by atoms with Gasteiger partial charge in [-0.3, -0.25) is 0 Å². The van der Waals surface area contributed by atoms with Gasteiger partial charge in [0.15, 0.2) is 0 Å². The van der Waals surface area contributed by atoms with Crippen LogP contribution < -0.4 is 5.32 Å². The molecule has 0 aromatic heterocycles. The van der Waals surface area contributed by atoms with Gasteiger partial charge in [0, 0.05) is 25.2 Å². The molecule has 4 atom stereocenters. The molecule has 2 aliphatic heterocycles. The summed E-state index contributed by atoms with van der Waals surface area (Å²) in [7, 11) is 0. The molecule has 0 saturated carbocycles. The number of ether oxygens (including phenoxy) is 2. The highest BCUT2D eigenvalue weighted by atomic mass is 16.5. The van der Waals surface area contributed by atoms with Crippen LogP contribution in [0, 0.1) is 11.8 Å². The van der Waals surface area contributed by atoms with Crippen LogP contribution in [-0.4, -0.2) is 38.5 Å². The van der Waals surface area contributed by atoms with E-state index in [1.165, 1.54) is 19.3 Å². The van der Waals surface area contributed by atoms with E-state index in [1.807, 2.05) is 0 Å². The van der Waals surface area contributed by atoms with E-state index in [9.17, 15) is 0 Å². The molecule has 2 saturated heterocycles. The first-order chi connectivity index (χ1) is 8.36. The lowest BCUT2D eigenvalue weighted by Gasteiger charge is -2.36. The fourth-order valence-electron chi connectivity index (χ4n) is 3.45. The Morgan fingerprint density at radius 1 is 1.24 bits per heavy atom. The second-order valence-electron chi connectivity index (χ2n) is 5.33. The van der Waals surface area contributed by atoms with Crippen LogP contribution in [0.4, 0.5) is 0 Å². The molecule has 0 spiro atoms. The van der Waals surface area contributed by atoms with E-state index in [0.717, 1.165) is 32.8 Å². The monoisotopic (exact) mass is 241 g/mol. The molecule has 0 aromatic rings. The zero-order valence-electron chi connectivity index (χ0n) is 11.3. The first-order valence-corrected chi connectivity index (χ1v) is 7.29. The van der Waals surface area contributed by atoms with Crippen LogP contribution in [0.3, 0.4) is 0 Å². The van der Waals surface area contributed by atoms with Gasteiger partial charge in [0.1, 0.15) is 0 Å². The summed E-state index contributed by atoms with van der Waals surface area (Å²) in [5.74, 6) is 1.37. The SMILES string of the molecule is CCNC(C1CCCOC1)C1CCOC1CC. The molecule has 4 unspecified atom stereocenters. The van der Waals surface area contributed by atoms with Gasteiger partial charge in [-0.15, -0.1) is 0 Å². The third kappa shape index (κ3) is 3.21. The molecule has 17 heavy (non-hydrogen) atoms. The molecule has 1 N–H and O–H groups in total. The fraction of sp³-hybridized carbons (Fsp3) is 1.00. The molecule has 2 rings (SSSR count). The molecule has 3 heteroatoms. The van der Waals surface area contributed by atoms with Gasteiger partial charge in [-0.25, -0.2) is 0 Å². The standard InChI is InChI=1S/C14H27NO2/c1-3-13-12(7-9-17-13)14(15-4-2)11-6-5-8-16-10-11/h11-15H,3-10H2,1-2H3. The zero-order chi connectivity index (χ0) is 12.1. The lowest BCUT2D eigenvalue weighted by molar-refractivity contribution is 0.0135. The van der Waals surface area contributed by atoms with Crippen LogP contribution >= 0.6 is 0 Å². The maximum atomic E-state index is 5.85. The highest BCUT2D eigenvalue weighted by Crippen LogP contribution is 2.32. The Hall–Kier alpha value is -0.120. The summed E-state index contributed by atoms with van der Waals surface area (Å²) in [5.41, 5.74) is 0. The van der Waals surface area contributed by atoms with E-state index < -0.39 is 0 Å². The van der Waals surface area contributed by atoms with Crippen LogP contribution in [-0.2, 0) is 9.47 Å². The molecule has 2 heterocycles. The molecule has 2 aliphatic rings. The minimum atomic E-state index is 0.459. The molecule has 0 aliphatic carbocycles. The number of nitrogens with one attached hydrogen (secondary N) is 1. The van der Waals surface area contributed by atoms with Crippen molar-refractivity contribution in [2.75, 3.05) is 26.4 Å². The van der Waals surface area contributed by atoms with Gasteiger partial charge in [0.25, 0.3) is 0 Å². The fourth-order valence-corrected chi connectivity index (χ4v) is 3.45. The van der Waals surface area contributed by atoms with Gasteiger partial charge >= 0.3 is 0 Å². The normalized spacial score (nSPS) is 36.0. The lowest BCUT2D eigenvalue weighted by Crippen LogP contribution is -2.47. The molecule has 0 radical (unpaired) electrons. The Kier molecular flexibility index (Phi) is 5.26. The van der Waals surface area contributed by atoms with E-state index in [2.05, 4.69) is 19.2 Å². The average Bonchev–Trinajstić information content (AvgIpc) is 2.85. The molecule has 2 fully saturated rings. The van der Waals surface area contributed by atoms with Crippen molar-refractivity contribution in [3.63, 3.8) is 0 Å². The van der Waals surface area contributed by atoms with E-state index >= 15 is 0 Å². The molecule has 100 valence electrons. The van der Waals surface area contributed by atoms with Crippen molar-refractivity contribution in [2.24, 2.45) is 11.8 Å². The zero-order valence-corrected chi connectivity index (χ0v) is 11.3. The Balaban J connectivity index is 1.99. The van der Waals surface area contributed by atoms with Crippen molar-refractivity contribution in [1.29, 1.82) is 0 Å². The molecular weight excluding hydrogens is 214 g/mol. The number of rotatable bonds is 5. The van der Waals surface area contributed by atoms with E-state index in [1.54, 1.807) is 0 Å². The minimum Gasteiger partial charge on any atom is -0.381 e. The first-order valence-electron chi connectivity index (χ1n) is 7.29. The van der Waals surface area contributed by atoms with Crippen LogP contribution in [0.2, 0.25) is 0 Å². The van der Waals surface area contributed by atoms with E-state index in [-0.39, 0.29) is 0 Å². The van der Waals surface area contributed by atoms with Crippen molar-refractivity contribution < 1.29 is 9.47 Å². The van der Waals surface area contributed by atoms with Gasteiger partial charge in [-0.1, -0.05) is 13.8 Å². The maximum absolute atomic E-state index is 5.85. The summed E-state index contributed by atoms with van der Waals surface area (Å²) in [6, 6.07) is 0.591. The summed E-state index contributed by atoms with van der Waals surface area (Å²) >= 11 is 0. The molecule has 0 bridgehead atoms. The third-order valence-electron chi connectivity index (χ3n) is 4.27.